The Kier molecular flexibility index (Phi) is 4.56. The molecule has 2 N–H and O–H groups in total. The molecule has 0 fully saturated rings. The third-order valence-electron chi connectivity index (χ3n) is 2.06. The van der Waals surface area contributed by atoms with E-state index in [1.54, 1.807) is 0 Å². The zero-order valence-corrected chi connectivity index (χ0v) is 9.95. The van der Waals surface area contributed by atoms with E-state index in [0.717, 1.165) is 12.3 Å². The van der Waals surface area contributed by atoms with Crippen LogP contribution < -0.4 is 10.5 Å². The molecule has 3 nitrogen and oxygen atoms in total. The highest BCUT2D eigenvalue weighted by Gasteiger charge is 2.31. The molecule has 98 valence electrons. The van der Waals surface area contributed by atoms with Crippen molar-refractivity contribution >= 4 is 0 Å². The molecule has 0 bridgehead atoms. The zero-order valence-electron chi connectivity index (χ0n) is 9.95. The van der Waals surface area contributed by atoms with Crippen LogP contribution in [0.5, 0.6) is 5.75 Å². The molecule has 0 saturated heterocycles. The molecule has 0 amide bonds. The van der Waals surface area contributed by atoms with Crippen LogP contribution in [0.3, 0.4) is 0 Å². The summed E-state index contributed by atoms with van der Waals surface area (Å²) < 4.78 is 39.4. The van der Waals surface area contributed by atoms with Gasteiger partial charge in [0, 0.05) is 0 Å². The third-order valence-corrected chi connectivity index (χ3v) is 2.06. The van der Waals surface area contributed by atoms with Gasteiger partial charge in [0.1, 0.15) is 11.4 Å². The van der Waals surface area contributed by atoms with E-state index in [0.29, 0.717) is 5.69 Å². The molecule has 0 saturated carbocycles. The molecule has 0 radical (unpaired) electrons. The standard InChI is InChI=1S/C12H13F3N2O/c1-8(2)11(16)6-4-9-3-5-10(7-17-9)18-12(13,14)15/h3,5,7-8,11H,16H2,1-2H3. The van der Waals surface area contributed by atoms with Crippen LogP contribution in [0.15, 0.2) is 18.3 Å². The number of ether oxygens (including phenoxy) is 1. The number of rotatable bonds is 2. The quantitative estimate of drug-likeness (QED) is 0.828. The van der Waals surface area contributed by atoms with Crippen LogP contribution in [0.4, 0.5) is 13.2 Å². The first-order valence-corrected chi connectivity index (χ1v) is 5.27. The molecule has 1 rings (SSSR count). The maximum absolute atomic E-state index is 11.9. The van der Waals surface area contributed by atoms with Crippen LogP contribution >= 0.6 is 0 Å². The van der Waals surface area contributed by atoms with Crippen LogP contribution in [0, 0.1) is 17.8 Å². The maximum Gasteiger partial charge on any atom is 0.573 e. The van der Waals surface area contributed by atoms with E-state index < -0.39 is 6.36 Å². The lowest BCUT2D eigenvalue weighted by Crippen LogP contribution is -2.24. The molecule has 6 heteroatoms. The summed E-state index contributed by atoms with van der Waals surface area (Å²) in [4.78, 5) is 3.74. The maximum atomic E-state index is 11.9. The molecule has 1 unspecified atom stereocenters. The number of halogens is 3. The fourth-order valence-electron chi connectivity index (χ4n) is 0.972. The Morgan fingerprint density at radius 3 is 2.44 bits per heavy atom. The lowest BCUT2D eigenvalue weighted by molar-refractivity contribution is -0.274. The van der Waals surface area contributed by atoms with Crippen molar-refractivity contribution in [2.24, 2.45) is 11.7 Å². The number of pyridine rings is 1. The second-order valence-corrected chi connectivity index (χ2v) is 3.97. The van der Waals surface area contributed by atoms with E-state index in [1.807, 2.05) is 13.8 Å². The van der Waals surface area contributed by atoms with Crippen molar-refractivity contribution in [2.45, 2.75) is 26.3 Å². The summed E-state index contributed by atoms with van der Waals surface area (Å²) in [5, 5.41) is 0. The number of hydrogen-bond donors (Lipinski definition) is 1. The largest absolute Gasteiger partial charge is 0.573 e. The van der Waals surface area contributed by atoms with E-state index in [9.17, 15) is 13.2 Å². The fraction of sp³-hybridized carbons (Fsp3) is 0.417. The third kappa shape index (κ3) is 5.06. The lowest BCUT2D eigenvalue weighted by Gasteiger charge is -2.08. The number of nitrogens with two attached hydrogens (primary N) is 1. The predicted molar refractivity (Wildman–Crippen MR) is 60.6 cm³/mol. The minimum atomic E-state index is -4.71. The van der Waals surface area contributed by atoms with Gasteiger partial charge in [-0.05, 0) is 24.0 Å². The molecule has 0 aliphatic rings. The van der Waals surface area contributed by atoms with E-state index in [4.69, 9.17) is 5.73 Å². The van der Waals surface area contributed by atoms with E-state index in [-0.39, 0.29) is 17.7 Å². The zero-order chi connectivity index (χ0) is 13.8. The molecule has 0 aliphatic heterocycles. The summed E-state index contributed by atoms with van der Waals surface area (Å²) in [5.74, 6) is 5.29. The van der Waals surface area contributed by atoms with Gasteiger partial charge in [0.05, 0.1) is 12.2 Å². The van der Waals surface area contributed by atoms with Gasteiger partial charge in [-0.2, -0.15) is 0 Å². The SMILES string of the molecule is CC(C)C(N)C#Cc1ccc(OC(F)(F)F)cn1. The van der Waals surface area contributed by atoms with E-state index in [1.165, 1.54) is 6.07 Å². The van der Waals surface area contributed by atoms with Crippen LogP contribution in [-0.4, -0.2) is 17.4 Å². The van der Waals surface area contributed by atoms with Gasteiger partial charge in [0.15, 0.2) is 0 Å². The van der Waals surface area contributed by atoms with Crippen LogP contribution in [0.2, 0.25) is 0 Å². The van der Waals surface area contributed by atoms with Crippen molar-refractivity contribution in [2.75, 3.05) is 0 Å². The molecule has 1 aromatic rings. The van der Waals surface area contributed by atoms with Crippen LogP contribution in [0.1, 0.15) is 19.5 Å². The topological polar surface area (TPSA) is 48.1 Å². The van der Waals surface area contributed by atoms with Crippen LogP contribution in [-0.2, 0) is 0 Å². The summed E-state index contributed by atoms with van der Waals surface area (Å²) in [7, 11) is 0. The van der Waals surface area contributed by atoms with Crippen molar-refractivity contribution in [1.29, 1.82) is 0 Å². The number of nitrogens with zero attached hydrogens (tertiary/aromatic N) is 1. The Bertz CT molecular complexity index is 443. The predicted octanol–water partition coefficient (Wildman–Crippen LogP) is 2.32. The second-order valence-electron chi connectivity index (χ2n) is 3.97. The van der Waals surface area contributed by atoms with Gasteiger partial charge in [-0.15, -0.1) is 13.2 Å². The molecular weight excluding hydrogens is 245 g/mol. The molecule has 0 aromatic carbocycles. The highest BCUT2D eigenvalue weighted by molar-refractivity contribution is 5.32. The van der Waals surface area contributed by atoms with Gasteiger partial charge in [-0.3, -0.25) is 0 Å². The highest BCUT2D eigenvalue weighted by atomic mass is 19.4. The van der Waals surface area contributed by atoms with Crippen LogP contribution in [0.25, 0.3) is 0 Å². The van der Waals surface area contributed by atoms with Crippen molar-refractivity contribution in [3.8, 4) is 17.6 Å². The molecule has 0 aliphatic carbocycles. The van der Waals surface area contributed by atoms with Gasteiger partial charge in [-0.1, -0.05) is 19.8 Å². The molecular formula is C12H13F3N2O. The molecule has 1 atom stereocenters. The van der Waals surface area contributed by atoms with Crippen molar-refractivity contribution in [1.82, 2.24) is 4.98 Å². The summed E-state index contributed by atoms with van der Waals surface area (Å²) in [6.07, 6.45) is -3.74. The van der Waals surface area contributed by atoms with Gasteiger partial charge >= 0.3 is 6.36 Å². The summed E-state index contributed by atoms with van der Waals surface area (Å²) in [6.45, 7) is 3.85. The Balaban J connectivity index is 2.72. The van der Waals surface area contributed by atoms with Crippen molar-refractivity contribution in [3.63, 3.8) is 0 Å². The minimum absolute atomic E-state index is 0.199. The van der Waals surface area contributed by atoms with E-state index >= 15 is 0 Å². The smallest absolute Gasteiger partial charge is 0.404 e. The molecule has 0 spiro atoms. The lowest BCUT2D eigenvalue weighted by atomic mass is 10.1. The van der Waals surface area contributed by atoms with Gasteiger partial charge in [0.25, 0.3) is 0 Å². The Labute approximate surface area is 103 Å². The highest BCUT2D eigenvalue weighted by Crippen LogP contribution is 2.21. The fourth-order valence-corrected chi connectivity index (χ4v) is 0.972. The molecule has 18 heavy (non-hydrogen) atoms. The average Bonchev–Trinajstić information content (AvgIpc) is 2.25. The van der Waals surface area contributed by atoms with Gasteiger partial charge in [0.2, 0.25) is 0 Å². The second kappa shape index (κ2) is 5.74. The first kappa shape index (κ1) is 14.3. The van der Waals surface area contributed by atoms with Gasteiger partial charge in [-0.25, -0.2) is 4.98 Å². The Hall–Kier alpha value is -1.74. The monoisotopic (exact) mass is 258 g/mol. The first-order valence-electron chi connectivity index (χ1n) is 5.27. The molecule has 1 heterocycles. The number of hydrogen-bond acceptors (Lipinski definition) is 3. The van der Waals surface area contributed by atoms with Gasteiger partial charge < -0.3 is 10.5 Å². The Morgan fingerprint density at radius 1 is 1.33 bits per heavy atom. The average molecular weight is 258 g/mol. The number of alkyl halides is 3. The van der Waals surface area contributed by atoms with E-state index in [2.05, 4.69) is 21.6 Å². The summed E-state index contributed by atoms with van der Waals surface area (Å²) >= 11 is 0. The minimum Gasteiger partial charge on any atom is -0.404 e. The van der Waals surface area contributed by atoms with Crippen molar-refractivity contribution in [3.05, 3.63) is 24.0 Å². The number of aromatic nitrogens is 1. The normalized spacial score (nSPS) is 12.8. The first-order chi connectivity index (χ1) is 8.28. The van der Waals surface area contributed by atoms with Crippen molar-refractivity contribution < 1.29 is 17.9 Å². The molecule has 1 aromatic heterocycles. The Morgan fingerprint density at radius 2 is 2.00 bits per heavy atom. The summed E-state index contributed by atoms with van der Waals surface area (Å²) in [5.41, 5.74) is 6.05. The summed E-state index contributed by atoms with van der Waals surface area (Å²) in [6, 6.07) is 2.21.